The van der Waals surface area contributed by atoms with Crippen LogP contribution in [0.2, 0.25) is 0 Å². The largest absolute Gasteiger partial charge is 0.496 e. The van der Waals surface area contributed by atoms with Crippen LogP contribution < -0.4 is 9.64 Å². The summed E-state index contributed by atoms with van der Waals surface area (Å²) in [5.74, 6) is 0.651. The highest BCUT2D eigenvalue weighted by atomic mass is 32.1. The predicted molar refractivity (Wildman–Crippen MR) is 168 cm³/mol. The molecule has 2 saturated heterocycles. The molecule has 258 valence electrons. The highest BCUT2D eigenvalue weighted by Crippen LogP contribution is 2.43. The summed E-state index contributed by atoms with van der Waals surface area (Å²) in [5, 5.41) is 1.81. The Labute approximate surface area is 280 Å². The molecule has 1 amide bonds. The minimum atomic E-state index is -5.06. The molecule has 0 N–H and O–H groups in total. The van der Waals surface area contributed by atoms with Crippen molar-refractivity contribution in [2.45, 2.75) is 44.4 Å². The van der Waals surface area contributed by atoms with Crippen molar-refractivity contribution in [3.63, 3.8) is 0 Å². The predicted octanol–water partition coefficient (Wildman–Crippen LogP) is 8.60. The number of pyridine rings is 1. The Bertz CT molecular complexity index is 1870. The van der Waals surface area contributed by atoms with Gasteiger partial charge in [0.1, 0.15) is 22.5 Å². The van der Waals surface area contributed by atoms with E-state index < -0.39 is 53.3 Å². The molecule has 6 rings (SSSR count). The molecule has 2 aliphatic rings. The Hall–Kier alpha value is -4.79. The van der Waals surface area contributed by atoms with E-state index in [2.05, 4.69) is 0 Å². The first-order valence-electron chi connectivity index (χ1n) is 15.0. The van der Waals surface area contributed by atoms with Crippen LogP contribution in [0.15, 0.2) is 60.0 Å². The van der Waals surface area contributed by atoms with E-state index in [9.17, 15) is 35.9 Å². The number of carbonyl (C=O) groups excluding carboxylic acids is 2. The maximum Gasteiger partial charge on any atom is 0.416 e. The molecule has 2 aromatic heterocycles. The third-order valence-electron chi connectivity index (χ3n) is 8.60. The van der Waals surface area contributed by atoms with Gasteiger partial charge >= 0.3 is 24.4 Å². The van der Waals surface area contributed by atoms with Gasteiger partial charge in [-0.15, -0.1) is 11.3 Å². The number of cyclic esters (lactones) is 1. The summed E-state index contributed by atoms with van der Waals surface area (Å²) in [4.78, 5) is 33.9. The third kappa shape index (κ3) is 6.76. The van der Waals surface area contributed by atoms with E-state index in [0.717, 1.165) is 30.6 Å². The van der Waals surface area contributed by atoms with Gasteiger partial charge in [-0.2, -0.15) is 26.3 Å². The number of amides is 1. The summed E-state index contributed by atoms with van der Waals surface area (Å²) in [6.45, 7) is 2.87. The van der Waals surface area contributed by atoms with Gasteiger partial charge in [0.15, 0.2) is 0 Å². The van der Waals surface area contributed by atoms with Gasteiger partial charge in [-0.3, -0.25) is 4.90 Å². The molecule has 2 fully saturated rings. The summed E-state index contributed by atoms with van der Waals surface area (Å²) in [7, 11) is 2.79. The number of anilines is 1. The summed E-state index contributed by atoms with van der Waals surface area (Å²) in [6.07, 6.45) is -11.5. The fourth-order valence-electron chi connectivity index (χ4n) is 5.83. The molecular formula is C34H29F6N3O5S. The van der Waals surface area contributed by atoms with E-state index in [1.165, 1.54) is 37.4 Å². The monoisotopic (exact) mass is 705 g/mol. The number of hydrogen-bond acceptors (Lipinski definition) is 8. The van der Waals surface area contributed by atoms with Crippen LogP contribution in [0.1, 0.15) is 51.5 Å². The highest BCUT2D eigenvalue weighted by molar-refractivity contribution is 7.12. The maximum absolute atomic E-state index is 13.6. The van der Waals surface area contributed by atoms with Gasteiger partial charge in [0.25, 0.3) is 0 Å². The lowest BCUT2D eigenvalue weighted by molar-refractivity contribution is -0.143. The molecule has 2 atom stereocenters. The molecule has 0 aliphatic carbocycles. The zero-order valence-corrected chi connectivity index (χ0v) is 27.1. The van der Waals surface area contributed by atoms with Gasteiger partial charge in [0.2, 0.25) is 0 Å². The van der Waals surface area contributed by atoms with Crippen molar-refractivity contribution in [3.8, 4) is 28.0 Å². The van der Waals surface area contributed by atoms with E-state index in [4.69, 9.17) is 19.2 Å². The molecule has 2 aromatic carbocycles. The lowest BCUT2D eigenvalue weighted by Gasteiger charge is -2.33. The van der Waals surface area contributed by atoms with Crippen LogP contribution in [-0.2, 0) is 28.4 Å². The Kier molecular flexibility index (Phi) is 8.98. The second-order valence-electron chi connectivity index (χ2n) is 11.6. The minimum absolute atomic E-state index is 0.0358. The number of hydrogen-bond donors (Lipinski definition) is 0. The Morgan fingerprint density at radius 2 is 1.63 bits per heavy atom. The molecule has 0 saturated carbocycles. The third-order valence-corrected chi connectivity index (χ3v) is 9.51. The lowest BCUT2D eigenvalue weighted by Crippen LogP contribution is -2.38. The highest BCUT2D eigenvalue weighted by Gasteiger charge is 2.43. The lowest BCUT2D eigenvalue weighted by atomic mass is 9.96. The Morgan fingerprint density at radius 1 is 0.939 bits per heavy atom. The summed E-state index contributed by atoms with van der Waals surface area (Å²) < 4.78 is 97.7. The summed E-state index contributed by atoms with van der Waals surface area (Å²) in [6, 6.07) is 11.0. The zero-order chi connectivity index (χ0) is 35.2. The molecule has 15 heteroatoms. The second-order valence-corrected chi connectivity index (χ2v) is 12.5. The number of alkyl halides is 6. The molecule has 0 bridgehead atoms. The van der Waals surface area contributed by atoms with Crippen molar-refractivity contribution in [2.24, 2.45) is 0 Å². The second kappa shape index (κ2) is 12.9. The van der Waals surface area contributed by atoms with E-state index in [0.29, 0.717) is 45.4 Å². The minimum Gasteiger partial charge on any atom is -0.496 e. The van der Waals surface area contributed by atoms with Gasteiger partial charge in [-0.1, -0.05) is 6.07 Å². The van der Waals surface area contributed by atoms with Gasteiger partial charge < -0.3 is 19.1 Å². The molecule has 4 heterocycles. The number of nitrogens with zero attached hydrogens (tertiary/aromatic N) is 3. The van der Waals surface area contributed by atoms with Crippen molar-refractivity contribution in [1.82, 2.24) is 9.88 Å². The molecule has 0 radical (unpaired) electrons. The molecule has 0 unspecified atom stereocenters. The Morgan fingerprint density at radius 3 is 2.22 bits per heavy atom. The molecule has 2 aliphatic heterocycles. The quantitative estimate of drug-likeness (QED) is 0.134. The number of esters is 1. The first-order chi connectivity index (χ1) is 23.2. The van der Waals surface area contributed by atoms with Crippen molar-refractivity contribution < 1.29 is 50.1 Å². The van der Waals surface area contributed by atoms with Gasteiger partial charge in [0.05, 0.1) is 43.6 Å². The first kappa shape index (κ1) is 34.1. The Balaban J connectivity index is 1.39. The number of rotatable bonds is 8. The van der Waals surface area contributed by atoms with Crippen LogP contribution in [0.25, 0.3) is 22.3 Å². The zero-order valence-electron chi connectivity index (χ0n) is 26.3. The number of benzene rings is 2. The number of thiophene rings is 1. The fourth-order valence-corrected chi connectivity index (χ4v) is 6.67. The number of aromatic nitrogens is 1. The maximum atomic E-state index is 13.6. The van der Waals surface area contributed by atoms with Crippen LogP contribution >= 0.6 is 11.3 Å². The molecule has 0 spiro atoms. The van der Waals surface area contributed by atoms with E-state index in [1.807, 2.05) is 34.5 Å². The van der Waals surface area contributed by atoms with Crippen LogP contribution in [0.5, 0.6) is 5.75 Å². The van der Waals surface area contributed by atoms with Gasteiger partial charge in [0, 0.05) is 24.2 Å². The average Bonchev–Trinajstić information content (AvgIpc) is 3.64. The molecule has 49 heavy (non-hydrogen) atoms. The van der Waals surface area contributed by atoms with E-state index in [-0.39, 0.29) is 12.6 Å². The van der Waals surface area contributed by atoms with Crippen molar-refractivity contribution in [2.75, 3.05) is 32.2 Å². The van der Waals surface area contributed by atoms with Crippen LogP contribution in [0, 0.1) is 0 Å². The number of ether oxygens (including phenoxy) is 3. The normalized spacial score (nSPS) is 17.9. The number of methoxy groups -OCH3 is 2. The molecule has 8 nitrogen and oxygen atoms in total. The standard InChI is InChI=1S/C34H29F6N3O5S/c1-18-30(20-11-22(33(35,36)37)15-23(12-20)34(38,39)40)48-32(45)43(18)16-26-24(6-8-29(41-26)42-9-4-10-42)25-13-19(5-7-27(25)46-2)21-14-28(49-17-21)31(44)47-3/h5-8,11-15,17-18,30H,4,9-10,16H2,1-3H3/t18-,30-/m0/s1. The summed E-state index contributed by atoms with van der Waals surface area (Å²) in [5.41, 5.74) is -0.336. The summed E-state index contributed by atoms with van der Waals surface area (Å²) >= 11 is 1.22. The first-order valence-corrected chi connectivity index (χ1v) is 15.9. The van der Waals surface area contributed by atoms with Crippen molar-refractivity contribution >= 4 is 29.2 Å². The van der Waals surface area contributed by atoms with Crippen molar-refractivity contribution in [1.29, 1.82) is 0 Å². The van der Waals surface area contributed by atoms with Crippen molar-refractivity contribution in [3.05, 3.63) is 87.2 Å². The molecular weight excluding hydrogens is 676 g/mol. The van der Waals surface area contributed by atoms with Crippen LogP contribution in [0.4, 0.5) is 37.0 Å². The fraction of sp³-hybridized carbons (Fsp3) is 0.324. The van der Waals surface area contributed by atoms with Gasteiger partial charge in [-0.05, 0) is 83.9 Å². The van der Waals surface area contributed by atoms with Crippen LogP contribution in [-0.4, -0.2) is 55.3 Å². The smallest absolute Gasteiger partial charge is 0.416 e. The molecule has 4 aromatic rings. The van der Waals surface area contributed by atoms with E-state index in [1.54, 1.807) is 12.1 Å². The SMILES string of the molecule is COC(=O)c1cc(-c2ccc(OC)c(-c3ccc(N4CCC4)nc3CN3C(=O)O[C@H](c4cc(C(F)(F)F)cc(C(F)(F)F)c4)[C@@H]3C)c2)cs1. The number of halogens is 6. The van der Waals surface area contributed by atoms with E-state index >= 15 is 0 Å². The number of carbonyl (C=O) groups is 2. The average molecular weight is 706 g/mol. The van der Waals surface area contributed by atoms with Crippen LogP contribution in [0.3, 0.4) is 0 Å². The van der Waals surface area contributed by atoms with Gasteiger partial charge in [-0.25, -0.2) is 14.6 Å². The topological polar surface area (TPSA) is 81.2 Å².